The van der Waals surface area contributed by atoms with Crippen LogP contribution in [0.3, 0.4) is 0 Å². The molecular formula is C21H17FN2O4S2. The molecule has 4 aromatic rings. The molecule has 154 valence electrons. The number of rotatable bonds is 7. The molecule has 0 saturated heterocycles. The number of thioether (sulfide) groups is 1. The van der Waals surface area contributed by atoms with Crippen LogP contribution in [-0.4, -0.2) is 24.8 Å². The van der Waals surface area contributed by atoms with E-state index in [1.165, 1.54) is 24.3 Å². The van der Waals surface area contributed by atoms with Gasteiger partial charge in [-0.15, -0.1) is 11.8 Å². The summed E-state index contributed by atoms with van der Waals surface area (Å²) in [7, 11) is -3.63. The third-order valence-corrected chi connectivity index (χ3v) is 6.56. The normalized spacial score (nSPS) is 11.7. The van der Waals surface area contributed by atoms with Crippen molar-refractivity contribution in [2.45, 2.75) is 16.4 Å². The molecule has 0 N–H and O–H groups in total. The Hall–Kier alpha value is -2.91. The summed E-state index contributed by atoms with van der Waals surface area (Å²) in [6.45, 7) is 0. The molecule has 0 aliphatic heterocycles. The van der Waals surface area contributed by atoms with E-state index in [4.69, 9.17) is 8.94 Å². The van der Waals surface area contributed by atoms with Gasteiger partial charge >= 0.3 is 0 Å². The minimum atomic E-state index is -3.63. The smallest absolute Gasteiger partial charge is 0.293 e. The maximum atomic E-state index is 13.8. The molecule has 2 aromatic carbocycles. The Morgan fingerprint density at radius 1 is 1.00 bits per heavy atom. The third-order valence-electron chi connectivity index (χ3n) is 4.34. The van der Waals surface area contributed by atoms with E-state index >= 15 is 0 Å². The second-order valence-corrected chi connectivity index (χ2v) is 9.49. The van der Waals surface area contributed by atoms with Crippen molar-refractivity contribution in [1.82, 2.24) is 10.1 Å². The van der Waals surface area contributed by atoms with Crippen LogP contribution in [0.2, 0.25) is 0 Å². The minimum Gasteiger partial charge on any atom is -0.455 e. The van der Waals surface area contributed by atoms with Crippen LogP contribution in [0.15, 0.2) is 74.5 Å². The first kappa shape index (κ1) is 20.4. The van der Waals surface area contributed by atoms with Gasteiger partial charge in [0.2, 0.25) is 5.82 Å². The van der Waals surface area contributed by atoms with Gasteiger partial charge in [0, 0.05) is 16.0 Å². The first-order valence-corrected chi connectivity index (χ1v) is 12.0. The number of hydrogen-bond donors (Lipinski definition) is 0. The van der Waals surface area contributed by atoms with Crippen LogP contribution in [0, 0.1) is 5.82 Å². The molecule has 0 bridgehead atoms. The van der Waals surface area contributed by atoms with Gasteiger partial charge in [-0.05, 0) is 48.7 Å². The highest BCUT2D eigenvalue weighted by Gasteiger charge is 2.20. The monoisotopic (exact) mass is 444 g/mol. The van der Waals surface area contributed by atoms with Gasteiger partial charge in [-0.25, -0.2) is 12.8 Å². The molecule has 0 saturated carbocycles. The van der Waals surface area contributed by atoms with Crippen LogP contribution in [-0.2, 0) is 21.3 Å². The van der Waals surface area contributed by atoms with Crippen molar-refractivity contribution in [2.75, 3.05) is 6.26 Å². The lowest BCUT2D eigenvalue weighted by molar-refractivity contribution is 0.413. The van der Waals surface area contributed by atoms with E-state index in [1.54, 1.807) is 23.9 Å². The van der Waals surface area contributed by atoms with Crippen LogP contribution < -0.4 is 0 Å². The maximum Gasteiger partial charge on any atom is 0.293 e. The molecule has 0 radical (unpaired) electrons. The standard InChI is InChI=1S/C21H17FN2O4S2/c1-29-17-9-6-14(7-10-17)20-23-21(28-24-20)19-11-8-16(27-19)13-30(25,26)12-15-4-2-3-5-18(15)22/h2-11H,12-13H2,1H3. The Bertz CT molecular complexity index is 1260. The lowest BCUT2D eigenvalue weighted by atomic mass is 10.2. The Balaban J connectivity index is 1.49. The average Bonchev–Trinajstić information content (AvgIpc) is 3.39. The van der Waals surface area contributed by atoms with E-state index in [0.717, 1.165) is 10.5 Å². The summed E-state index contributed by atoms with van der Waals surface area (Å²) in [5.41, 5.74) is 0.917. The Morgan fingerprint density at radius 2 is 1.77 bits per heavy atom. The van der Waals surface area contributed by atoms with E-state index in [9.17, 15) is 12.8 Å². The summed E-state index contributed by atoms with van der Waals surface area (Å²) in [6, 6.07) is 16.6. The Morgan fingerprint density at radius 3 is 2.50 bits per heavy atom. The van der Waals surface area contributed by atoms with Crippen LogP contribution in [0.4, 0.5) is 4.39 Å². The van der Waals surface area contributed by atoms with Gasteiger partial charge in [0.25, 0.3) is 5.89 Å². The highest BCUT2D eigenvalue weighted by Crippen LogP contribution is 2.26. The van der Waals surface area contributed by atoms with Crippen molar-refractivity contribution < 1.29 is 21.7 Å². The lowest BCUT2D eigenvalue weighted by Gasteiger charge is -2.04. The van der Waals surface area contributed by atoms with E-state index in [2.05, 4.69) is 10.1 Å². The van der Waals surface area contributed by atoms with E-state index in [-0.39, 0.29) is 28.7 Å². The predicted octanol–water partition coefficient (Wildman–Crippen LogP) is 4.97. The van der Waals surface area contributed by atoms with Crippen LogP contribution in [0.5, 0.6) is 0 Å². The Kier molecular flexibility index (Phi) is 5.74. The number of aromatic nitrogens is 2. The number of halogens is 1. The molecule has 0 aliphatic carbocycles. The van der Waals surface area contributed by atoms with Crippen LogP contribution in [0.25, 0.3) is 23.0 Å². The second kappa shape index (κ2) is 8.45. The maximum absolute atomic E-state index is 13.8. The molecule has 2 aromatic heterocycles. The summed E-state index contributed by atoms with van der Waals surface area (Å²) < 4.78 is 49.5. The first-order chi connectivity index (χ1) is 14.4. The molecule has 2 heterocycles. The fourth-order valence-electron chi connectivity index (χ4n) is 2.87. The topological polar surface area (TPSA) is 86.2 Å². The molecule has 6 nitrogen and oxygen atoms in total. The highest BCUT2D eigenvalue weighted by molar-refractivity contribution is 7.98. The zero-order valence-electron chi connectivity index (χ0n) is 15.9. The molecule has 0 fully saturated rings. The molecule has 0 atom stereocenters. The van der Waals surface area contributed by atoms with Crippen LogP contribution >= 0.6 is 11.8 Å². The van der Waals surface area contributed by atoms with Crippen LogP contribution in [0.1, 0.15) is 11.3 Å². The van der Waals surface area contributed by atoms with Crippen molar-refractivity contribution in [3.8, 4) is 23.0 Å². The van der Waals surface area contributed by atoms with Crippen molar-refractivity contribution in [3.05, 3.63) is 77.8 Å². The van der Waals surface area contributed by atoms with Crippen molar-refractivity contribution in [2.24, 2.45) is 0 Å². The molecular weight excluding hydrogens is 427 g/mol. The SMILES string of the molecule is CSc1ccc(-c2noc(-c3ccc(CS(=O)(=O)Cc4ccccc4F)o3)n2)cc1. The van der Waals surface area contributed by atoms with E-state index < -0.39 is 21.4 Å². The third kappa shape index (κ3) is 4.63. The lowest BCUT2D eigenvalue weighted by Crippen LogP contribution is -2.08. The summed E-state index contributed by atoms with van der Waals surface area (Å²) >= 11 is 1.63. The quantitative estimate of drug-likeness (QED) is 0.372. The van der Waals surface area contributed by atoms with Gasteiger partial charge in [0.1, 0.15) is 17.3 Å². The summed E-state index contributed by atoms with van der Waals surface area (Å²) in [5.74, 6) is -0.286. The van der Waals surface area contributed by atoms with Crippen molar-refractivity contribution in [1.29, 1.82) is 0 Å². The number of furan rings is 1. The van der Waals surface area contributed by atoms with Gasteiger partial charge in [0.15, 0.2) is 15.6 Å². The van der Waals surface area contributed by atoms with Gasteiger partial charge in [-0.3, -0.25) is 0 Å². The first-order valence-electron chi connectivity index (χ1n) is 8.94. The molecule has 30 heavy (non-hydrogen) atoms. The van der Waals surface area contributed by atoms with Crippen molar-refractivity contribution in [3.63, 3.8) is 0 Å². The zero-order chi connectivity index (χ0) is 21.1. The zero-order valence-corrected chi connectivity index (χ0v) is 17.5. The summed E-state index contributed by atoms with van der Waals surface area (Å²) in [6.07, 6.45) is 1.99. The number of hydrogen-bond acceptors (Lipinski definition) is 7. The average molecular weight is 445 g/mol. The predicted molar refractivity (Wildman–Crippen MR) is 112 cm³/mol. The number of nitrogens with zero attached hydrogens (tertiary/aromatic N) is 2. The number of benzene rings is 2. The van der Waals surface area contributed by atoms with Gasteiger partial charge in [-0.1, -0.05) is 23.4 Å². The fraction of sp³-hybridized carbons (Fsp3) is 0.143. The number of sulfone groups is 1. The van der Waals surface area contributed by atoms with Crippen molar-refractivity contribution >= 4 is 21.6 Å². The molecule has 0 spiro atoms. The second-order valence-electron chi connectivity index (χ2n) is 6.54. The van der Waals surface area contributed by atoms with Gasteiger partial charge < -0.3 is 8.94 Å². The molecule has 0 aliphatic rings. The molecule has 0 amide bonds. The largest absolute Gasteiger partial charge is 0.455 e. The van der Waals surface area contributed by atoms with E-state index in [0.29, 0.717) is 5.82 Å². The molecule has 0 unspecified atom stereocenters. The van der Waals surface area contributed by atoms with E-state index in [1.807, 2.05) is 30.5 Å². The van der Waals surface area contributed by atoms with Gasteiger partial charge in [0.05, 0.1) is 5.75 Å². The minimum absolute atomic E-state index is 0.123. The summed E-state index contributed by atoms with van der Waals surface area (Å²) in [5, 5.41) is 3.95. The highest BCUT2D eigenvalue weighted by atomic mass is 32.2. The molecule has 9 heteroatoms. The Labute approximate surface area is 177 Å². The fourth-order valence-corrected chi connectivity index (χ4v) is 4.68. The van der Waals surface area contributed by atoms with Gasteiger partial charge in [-0.2, -0.15) is 4.98 Å². The molecule has 4 rings (SSSR count). The summed E-state index contributed by atoms with van der Waals surface area (Å²) in [4.78, 5) is 5.44.